The van der Waals surface area contributed by atoms with Gasteiger partial charge in [-0.3, -0.25) is 10.1 Å². The maximum atomic E-state index is 12.5. The maximum Gasteiger partial charge on any atom is 0.249 e. The lowest BCUT2D eigenvalue weighted by atomic mass is 9.84. The number of hydrogen-bond acceptors (Lipinski definition) is 6. The lowest BCUT2D eigenvalue weighted by Crippen LogP contribution is -2.15. The standard InChI is InChI=1S/C27H30N2O4S2/c1-33-23-14-11-21(12-15-23)24-18-34-27(28-24)29-26(30)16-13-22-10-9-20(17-25(22)35(31)32)8-7-19-5-3-2-4-6-19/h9-19,22H,2-8H2,1H3,(H,28,29,30)/b16-13+. The minimum absolute atomic E-state index is 0.297. The number of ether oxygens (including phenoxy) is 1. The van der Waals surface area contributed by atoms with Crippen LogP contribution < -0.4 is 10.1 Å². The van der Waals surface area contributed by atoms with E-state index in [9.17, 15) is 13.2 Å². The fourth-order valence-corrected chi connectivity index (χ4v) is 5.88. The van der Waals surface area contributed by atoms with Gasteiger partial charge in [-0.05, 0) is 54.7 Å². The van der Waals surface area contributed by atoms with Gasteiger partial charge < -0.3 is 4.74 Å². The van der Waals surface area contributed by atoms with Crippen molar-refractivity contribution in [2.75, 3.05) is 12.4 Å². The summed E-state index contributed by atoms with van der Waals surface area (Å²) >= 11 is 1.33. The van der Waals surface area contributed by atoms with Crippen molar-refractivity contribution in [1.82, 2.24) is 4.98 Å². The molecule has 0 radical (unpaired) electrons. The van der Waals surface area contributed by atoms with Crippen molar-refractivity contribution in [1.29, 1.82) is 0 Å². The summed E-state index contributed by atoms with van der Waals surface area (Å²) in [5.74, 6) is 0.707. The number of benzene rings is 1. The van der Waals surface area contributed by atoms with Crippen molar-refractivity contribution in [3.63, 3.8) is 0 Å². The molecule has 0 bridgehead atoms. The van der Waals surface area contributed by atoms with Crippen LogP contribution in [0.3, 0.4) is 0 Å². The number of hydrogen-bond donors (Lipinski definition) is 1. The lowest BCUT2D eigenvalue weighted by molar-refractivity contribution is -0.111. The van der Waals surface area contributed by atoms with Crippen molar-refractivity contribution in [2.24, 2.45) is 11.8 Å². The topological polar surface area (TPSA) is 85.4 Å². The van der Waals surface area contributed by atoms with E-state index >= 15 is 0 Å². The average Bonchev–Trinajstić information content (AvgIpc) is 3.35. The van der Waals surface area contributed by atoms with Crippen molar-refractivity contribution in [2.45, 2.75) is 44.9 Å². The Hall–Kier alpha value is -2.97. The maximum absolute atomic E-state index is 12.5. The van der Waals surface area contributed by atoms with E-state index in [0.29, 0.717) is 10.00 Å². The summed E-state index contributed by atoms with van der Waals surface area (Å²) in [7, 11) is -0.731. The van der Waals surface area contributed by atoms with Crippen LogP contribution in [0.5, 0.6) is 5.75 Å². The van der Waals surface area contributed by atoms with E-state index in [2.05, 4.69) is 10.3 Å². The van der Waals surface area contributed by atoms with E-state index in [1.165, 1.54) is 49.5 Å². The molecule has 1 unspecified atom stereocenters. The molecule has 1 aromatic carbocycles. The van der Waals surface area contributed by atoms with Gasteiger partial charge in [-0.2, -0.15) is 8.42 Å². The first-order valence-corrected chi connectivity index (χ1v) is 13.9. The average molecular weight is 511 g/mol. The summed E-state index contributed by atoms with van der Waals surface area (Å²) in [5.41, 5.74) is 2.72. The molecule has 2 aliphatic carbocycles. The molecule has 1 saturated carbocycles. The number of thiazole rings is 1. The normalized spacial score (nSPS) is 18.5. The Balaban J connectivity index is 1.34. The van der Waals surface area contributed by atoms with Crippen LogP contribution in [0, 0.1) is 11.8 Å². The first kappa shape index (κ1) is 25.1. The Labute approximate surface area is 212 Å². The molecule has 1 aromatic heterocycles. The highest BCUT2D eigenvalue weighted by Crippen LogP contribution is 2.30. The molecule has 0 aliphatic heterocycles. The predicted molar refractivity (Wildman–Crippen MR) is 142 cm³/mol. The lowest BCUT2D eigenvalue weighted by Gasteiger charge is -2.22. The third kappa shape index (κ3) is 7.02. The smallest absolute Gasteiger partial charge is 0.249 e. The van der Waals surface area contributed by atoms with Gasteiger partial charge in [0.25, 0.3) is 0 Å². The van der Waals surface area contributed by atoms with Gasteiger partial charge in [0.1, 0.15) is 5.75 Å². The molecular formula is C27H30N2O4S2. The van der Waals surface area contributed by atoms with Crippen LogP contribution in [-0.2, 0) is 15.1 Å². The van der Waals surface area contributed by atoms with E-state index in [1.54, 1.807) is 19.3 Å². The van der Waals surface area contributed by atoms with Gasteiger partial charge in [-0.25, -0.2) is 4.98 Å². The Kier molecular flexibility index (Phi) is 8.71. The van der Waals surface area contributed by atoms with Gasteiger partial charge in [0.2, 0.25) is 16.2 Å². The highest BCUT2D eigenvalue weighted by molar-refractivity contribution is 7.73. The first-order chi connectivity index (χ1) is 17.0. The Morgan fingerprint density at radius 3 is 2.69 bits per heavy atom. The number of carbonyl (C=O) groups excluding carboxylic acids is 1. The third-order valence-corrected chi connectivity index (χ3v) is 8.04. The molecule has 6 nitrogen and oxygen atoms in total. The van der Waals surface area contributed by atoms with Crippen molar-refractivity contribution >= 4 is 37.5 Å². The first-order valence-electron chi connectivity index (χ1n) is 12.0. The summed E-state index contributed by atoms with van der Waals surface area (Å²) in [6, 6.07) is 7.53. The fraction of sp³-hybridized carbons (Fsp3) is 0.370. The number of carbonyl (C=O) groups is 1. The monoisotopic (exact) mass is 510 g/mol. The van der Waals surface area contributed by atoms with Gasteiger partial charge in [0, 0.05) is 22.9 Å². The summed E-state index contributed by atoms with van der Waals surface area (Å²) in [6.07, 6.45) is 17.1. The Morgan fingerprint density at radius 1 is 1.20 bits per heavy atom. The number of aromatic nitrogens is 1. The van der Waals surface area contributed by atoms with E-state index in [0.717, 1.165) is 41.3 Å². The molecule has 2 aromatic rings. The van der Waals surface area contributed by atoms with Gasteiger partial charge in [-0.15, -0.1) is 11.3 Å². The minimum Gasteiger partial charge on any atom is -0.497 e. The molecule has 1 N–H and O–H groups in total. The molecule has 1 fully saturated rings. The van der Waals surface area contributed by atoms with Crippen LogP contribution in [-0.4, -0.2) is 31.3 Å². The largest absolute Gasteiger partial charge is 0.497 e. The zero-order valence-corrected chi connectivity index (χ0v) is 21.4. The Bertz CT molecular complexity index is 1260. The second-order valence-electron chi connectivity index (χ2n) is 8.90. The Morgan fingerprint density at radius 2 is 1.97 bits per heavy atom. The third-order valence-electron chi connectivity index (χ3n) is 6.51. The molecular weight excluding hydrogens is 480 g/mol. The van der Waals surface area contributed by atoms with Crippen LogP contribution in [0.15, 0.2) is 65.6 Å². The van der Waals surface area contributed by atoms with E-state index in [4.69, 9.17) is 4.74 Å². The molecule has 0 saturated heterocycles. The SMILES string of the molecule is COc1ccc(-c2csc(NC(=O)/C=C/C3C=CC(CCC4CCCCC4)=CC3=S(=O)=O)n2)cc1. The molecule has 2 aliphatic rings. The molecule has 35 heavy (non-hydrogen) atoms. The number of amides is 1. The molecule has 4 rings (SSSR count). The molecule has 8 heteroatoms. The second-order valence-corrected chi connectivity index (χ2v) is 10.7. The van der Waals surface area contributed by atoms with Crippen LogP contribution >= 0.6 is 11.3 Å². The molecule has 1 heterocycles. The quantitative estimate of drug-likeness (QED) is 0.356. The number of rotatable bonds is 8. The zero-order valence-electron chi connectivity index (χ0n) is 19.8. The molecule has 1 atom stereocenters. The number of nitrogens with one attached hydrogen (secondary N) is 1. The highest BCUT2D eigenvalue weighted by atomic mass is 32.2. The number of anilines is 1. The predicted octanol–water partition coefficient (Wildman–Crippen LogP) is 5.84. The van der Waals surface area contributed by atoms with Gasteiger partial charge in [0.15, 0.2) is 5.13 Å². The zero-order chi connectivity index (χ0) is 24.6. The fourth-order valence-electron chi connectivity index (χ4n) is 4.53. The van der Waals surface area contributed by atoms with Crippen LogP contribution in [0.2, 0.25) is 0 Å². The van der Waals surface area contributed by atoms with Crippen LogP contribution in [0.25, 0.3) is 11.3 Å². The molecule has 1 amide bonds. The van der Waals surface area contributed by atoms with Gasteiger partial charge in [-0.1, -0.05) is 50.3 Å². The number of nitrogens with zero attached hydrogens (tertiary/aromatic N) is 1. The summed E-state index contributed by atoms with van der Waals surface area (Å²) in [6.45, 7) is 0. The summed E-state index contributed by atoms with van der Waals surface area (Å²) in [4.78, 5) is 17.2. The summed E-state index contributed by atoms with van der Waals surface area (Å²) in [5, 5.41) is 5.11. The van der Waals surface area contributed by atoms with E-state index in [1.807, 2.05) is 41.8 Å². The van der Waals surface area contributed by atoms with Crippen LogP contribution in [0.4, 0.5) is 5.13 Å². The second kappa shape index (κ2) is 12.1. The minimum atomic E-state index is -2.35. The van der Waals surface area contributed by atoms with Crippen LogP contribution in [0.1, 0.15) is 44.9 Å². The van der Waals surface area contributed by atoms with Crippen molar-refractivity contribution < 1.29 is 17.9 Å². The molecule has 0 spiro atoms. The highest BCUT2D eigenvalue weighted by Gasteiger charge is 2.18. The van der Waals surface area contributed by atoms with E-state index < -0.39 is 16.2 Å². The molecule has 184 valence electrons. The van der Waals surface area contributed by atoms with E-state index in [-0.39, 0.29) is 5.91 Å². The van der Waals surface area contributed by atoms with Gasteiger partial charge in [0.05, 0.1) is 17.7 Å². The van der Waals surface area contributed by atoms with Gasteiger partial charge >= 0.3 is 0 Å². The number of methoxy groups -OCH3 is 1. The van der Waals surface area contributed by atoms with Crippen molar-refractivity contribution in [3.8, 4) is 17.0 Å². The number of allylic oxidation sites excluding steroid dienone is 5. The summed E-state index contributed by atoms with van der Waals surface area (Å²) < 4.78 is 28.9. The van der Waals surface area contributed by atoms with Crippen molar-refractivity contribution in [3.05, 3.63) is 65.6 Å².